The van der Waals surface area contributed by atoms with Gasteiger partial charge in [-0.2, -0.15) is 9.78 Å². The molecule has 0 fully saturated rings. The Bertz CT molecular complexity index is 1290. The van der Waals surface area contributed by atoms with Crippen LogP contribution < -0.4 is 10.3 Å². The standard InChI is InChI=1S/C19H14BrClN4O6/c1-2-16-23-14-4-3-11(20)6-13(14)19(28)24(16)22-8-10-5-12(21)7-15(25(29)30)18(10)31-9-17(26)27/h3-8H,2,9H2,1H3,(H,26,27). The third kappa shape index (κ3) is 4.89. The van der Waals surface area contributed by atoms with E-state index in [1.54, 1.807) is 25.1 Å². The minimum atomic E-state index is -1.32. The van der Waals surface area contributed by atoms with E-state index in [1.807, 2.05) is 0 Å². The molecule has 12 heteroatoms. The van der Waals surface area contributed by atoms with E-state index in [4.69, 9.17) is 21.4 Å². The van der Waals surface area contributed by atoms with E-state index in [0.717, 1.165) is 17.0 Å². The minimum Gasteiger partial charge on any atom is -0.479 e. The number of aryl methyl sites for hydroxylation is 1. The van der Waals surface area contributed by atoms with Crippen molar-refractivity contribution in [2.45, 2.75) is 13.3 Å². The van der Waals surface area contributed by atoms with Gasteiger partial charge in [-0.3, -0.25) is 14.9 Å². The number of fused-ring (bicyclic) bond motifs is 1. The largest absolute Gasteiger partial charge is 0.479 e. The molecule has 3 aromatic rings. The highest BCUT2D eigenvalue weighted by Crippen LogP contribution is 2.33. The normalized spacial score (nSPS) is 11.2. The highest BCUT2D eigenvalue weighted by molar-refractivity contribution is 9.10. The SMILES string of the molecule is CCc1nc2ccc(Br)cc2c(=O)n1N=Cc1cc(Cl)cc([N+](=O)[O-])c1OCC(=O)O. The third-order valence-corrected chi connectivity index (χ3v) is 4.81. The summed E-state index contributed by atoms with van der Waals surface area (Å²) in [7, 11) is 0. The van der Waals surface area contributed by atoms with Crippen LogP contribution in [0.5, 0.6) is 5.75 Å². The molecule has 0 spiro atoms. The molecule has 0 aliphatic carbocycles. The van der Waals surface area contributed by atoms with Crippen LogP contribution in [0.1, 0.15) is 18.3 Å². The first-order valence-corrected chi connectivity index (χ1v) is 9.96. The van der Waals surface area contributed by atoms with Gasteiger partial charge in [0.05, 0.1) is 22.0 Å². The van der Waals surface area contributed by atoms with Crippen LogP contribution in [0.3, 0.4) is 0 Å². The van der Waals surface area contributed by atoms with Crippen molar-refractivity contribution >= 4 is 56.3 Å². The molecule has 0 aliphatic rings. The molecule has 0 radical (unpaired) electrons. The molecule has 0 unspecified atom stereocenters. The van der Waals surface area contributed by atoms with Crippen LogP contribution in [0.4, 0.5) is 5.69 Å². The van der Waals surface area contributed by atoms with E-state index in [1.165, 1.54) is 6.07 Å². The first-order chi connectivity index (χ1) is 14.7. The number of halogens is 2. The van der Waals surface area contributed by atoms with E-state index in [0.29, 0.717) is 27.6 Å². The fourth-order valence-electron chi connectivity index (χ4n) is 2.79. The second-order valence-electron chi connectivity index (χ2n) is 6.19. The zero-order valence-electron chi connectivity index (χ0n) is 15.9. The van der Waals surface area contributed by atoms with Crippen molar-refractivity contribution in [3.63, 3.8) is 0 Å². The maximum atomic E-state index is 13.0. The van der Waals surface area contributed by atoms with Gasteiger partial charge in [0.2, 0.25) is 5.75 Å². The zero-order chi connectivity index (χ0) is 22.7. The quantitative estimate of drug-likeness (QED) is 0.292. The molecule has 0 bridgehead atoms. The Morgan fingerprint density at radius 1 is 1.42 bits per heavy atom. The Morgan fingerprint density at radius 2 is 2.16 bits per heavy atom. The van der Waals surface area contributed by atoms with E-state index in [9.17, 15) is 19.7 Å². The number of carbonyl (C=O) groups is 1. The molecular weight excluding hydrogens is 496 g/mol. The summed E-state index contributed by atoms with van der Waals surface area (Å²) in [4.78, 5) is 38.9. The number of rotatable bonds is 7. The van der Waals surface area contributed by atoms with Crippen molar-refractivity contribution in [2.24, 2.45) is 5.10 Å². The summed E-state index contributed by atoms with van der Waals surface area (Å²) in [5.74, 6) is -1.29. The van der Waals surface area contributed by atoms with Gasteiger partial charge in [-0.1, -0.05) is 34.5 Å². The van der Waals surface area contributed by atoms with Crippen molar-refractivity contribution < 1.29 is 19.6 Å². The van der Waals surface area contributed by atoms with Crippen LogP contribution in [0.15, 0.2) is 44.7 Å². The second kappa shape index (κ2) is 9.23. The van der Waals surface area contributed by atoms with Crippen molar-refractivity contribution in [2.75, 3.05) is 6.61 Å². The number of hydrogen-bond donors (Lipinski definition) is 1. The number of hydrogen-bond acceptors (Lipinski definition) is 7. The van der Waals surface area contributed by atoms with Gasteiger partial charge in [0.15, 0.2) is 6.61 Å². The number of benzene rings is 2. The Morgan fingerprint density at radius 3 is 2.81 bits per heavy atom. The first-order valence-electron chi connectivity index (χ1n) is 8.79. The number of aliphatic carboxylic acids is 1. The lowest BCUT2D eigenvalue weighted by Gasteiger charge is -2.10. The second-order valence-corrected chi connectivity index (χ2v) is 7.54. The Balaban J connectivity index is 2.18. The van der Waals surface area contributed by atoms with Crippen LogP contribution in [0.25, 0.3) is 10.9 Å². The summed E-state index contributed by atoms with van der Waals surface area (Å²) >= 11 is 9.28. The number of nitro benzene ring substituents is 1. The predicted octanol–water partition coefficient (Wildman–Crippen LogP) is 3.63. The van der Waals surface area contributed by atoms with Crippen molar-refractivity contribution in [1.29, 1.82) is 0 Å². The molecule has 160 valence electrons. The summed E-state index contributed by atoms with van der Waals surface area (Å²) in [6.07, 6.45) is 1.53. The van der Waals surface area contributed by atoms with Crippen molar-refractivity contribution in [1.82, 2.24) is 9.66 Å². The lowest BCUT2D eigenvalue weighted by molar-refractivity contribution is -0.385. The van der Waals surface area contributed by atoms with Gasteiger partial charge in [0.25, 0.3) is 5.56 Å². The lowest BCUT2D eigenvalue weighted by atomic mass is 10.2. The fraction of sp³-hybridized carbons (Fsp3) is 0.158. The summed E-state index contributed by atoms with van der Waals surface area (Å²) in [5, 5.41) is 24.7. The topological polar surface area (TPSA) is 137 Å². The number of carboxylic acid groups (broad SMARTS) is 1. The van der Waals surface area contributed by atoms with Gasteiger partial charge in [0, 0.05) is 27.5 Å². The molecule has 0 amide bonds. The number of aromatic nitrogens is 2. The molecular formula is C19H14BrClN4O6. The molecule has 0 atom stereocenters. The Labute approximate surface area is 188 Å². The monoisotopic (exact) mass is 508 g/mol. The van der Waals surface area contributed by atoms with Crippen LogP contribution >= 0.6 is 27.5 Å². The van der Waals surface area contributed by atoms with Gasteiger partial charge < -0.3 is 9.84 Å². The summed E-state index contributed by atoms with van der Waals surface area (Å²) in [6.45, 7) is 0.985. The maximum Gasteiger partial charge on any atom is 0.341 e. The highest BCUT2D eigenvalue weighted by atomic mass is 79.9. The number of ether oxygens (including phenoxy) is 1. The molecule has 1 aromatic heterocycles. The molecule has 1 N–H and O–H groups in total. The average molecular weight is 510 g/mol. The molecule has 0 saturated carbocycles. The summed E-state index contributed by atoms with van der Waals surface area (Å²) in [5.41, 5.74) is -0.438. The molecule has 3 rings (SSSR count). The third-order valence-electron chi connectivity index (χ3n) is 4.10. The fourth-order valence-corrected chi connectivity index (χ4v) is 3.37. The average Bonchev–Trinajstić information content (AvgIpc) is 2.71. The van der Waals surface area contributed by atoms with Gasteiger partial charge >= 0.3 is 11.7 Å². The highest BCUT2D eigenvalue weighted by Gasteiger charge is 2.21. The van der Waals surface area contributed by atoms with Crippen LogP contribution in [-0.4, -0.2) is 38.5 Å². The number of nitro groups is 1. The van der Waals surface area contributed by atoms with E-state index < -0.39 is 28.7 Å². The summed E-state index contributed by atoms with van der Waals surface area (Å²) in [6, 6.07) is 7.43. The van der Waals surface area contributed by atoms with Crippen LogP contribution in [0, 0.1) is 10.1 Å². The molecule has 0 saturated heterocycles. The van der Waals surface area contributed by atoms with E-state index >= 15 is 0 Å². The molecule has 31 heavy (non-hydrogen) atoms. The van der Waals surface area contributed by atoms with Gasteiger partial charge in [0.1, 0.15) is 5.82 Å². The van der Waals surface area contributed by atoms with Crippen LogP contribution in [0.2, 0.25) is 5.02 Å². The smallest absolute Gasteiger partial charge is 0.341 e. The maximum absolute atomic E-state index is 13.0. The van der Waals surface area contributed by atoms with Gasteiger partial charge in [-0.15, -0.1) is 0 Å². The van der Waals surface area contributed by atoms with Crippen molar-refractivity contribution in [3.8, 4) is 5.75 Å². The minimum absolute atomic E-state index is 0.0134. The molecule has 10 nitrogen and oxygen atoms in total. The van der Waals surface area contributed by atoms with Gasteiger partial charge in [-0.05, 0) is 24.3 Å². The summed E-state index contributed by atoms with van der Waals surface area (Å²) < 4.78 is 6.87. The van der Waals surface area contributed by atoms with Crippen molar-refractivity contribution in [3.05, 3.63) is 71.7 Å². The first kappa shape index (κ1) is 22.4. The number of carboxylic acids is 1. The van der Waals surface area contributed by atoms with E-state index in [-0.39, 0.29) is 16.3 Å². The molecule has 0 aliphatic heterocycles. The number of nitrogens with zero attached hydrogens (tertiary/aromatic N) is 4. The Hall–Kier alpha value is -3.31. The molecule has 2 aromatic carbocycles. The zero-order valence-corrected chi connectivity index (χ0v) is 18.3. The van der Waals surface area contributed by atoms with Crippen LogP contribution in [-0.2, 0) is 11.2 Å². The van der Waals surface area contributed by atoms with Gasteiger partial charge in [-0.25, -0.2) is 9.78 Å². The molecule has 1 heterocycles. The Kier molecular flexibility index (Phi) is 6.66. The van der Waals surface area contributed by atoms with E-state index in [2.05, 4.69) is 26.0 Å². The lowest BCUT2D eigenvalue weighted by Crippen LogP contribution is -2.22. The predicted molar refractivity (Wildman–Crippen MR) is 117 cm³/mol.